The third-order valence-corrected chi connectivity index (χ3v) is 6.78. The van der Waals surface area contributed by atoms with Crippen LogP contribution in [0.5, 0.6) is 5.75 Å². The van der Waals surface area contributed by atoms with E-state index in [1.165, 1.54) is 11.3 Å². The SMILES string of the molecule is Cc1ccc(NC(=O)c2sc3nc(CN(C)CCOc4ccccc4)[nH]c(=O)c3c2C)c(C)c1. The van der Waals surface area contributed by atoms with E-state index in [0.717, 1.165) is 22.6 Å². The van der Waals surface area contributed by atoms with E-state index < -0.39 is 0 Å². The van der Waals surface area contributed by atoms with Crippen LogP contribution >= 0.6 is 11.3 Å². The maximum absolute atomic E-state index is 13.0. The van der Waals surface area contributed by atoms with Gasteiger partial charge in [0.1, 0.15) is 23.0 Å². The van der Waals surface area contributed by atoms with Crippen molar-refractivity contribution in [1.82, 2.24) is 14.9 Å². The summed E-state index contributed by atoms with van der Waals surface area (Å²) in [7, 11) is 1.95. The zero-order chi connectivity index (χ0) is 24.2. The number of nitrogens with zero attached hydrogens (tertiary/aromatic N) is 2. The Morgan fingerprint density at radius 3 is 2.65 bits per heavy atom. The minimum Gasteiger partial charge on any atom is -0.492 e. The number of anilines is 1. The summed E-state index contributed by atoms with van der Waals surface area (Å²) in [5.41, 5.74) is 3.30. The predicted octanol–water partition coefficient (Wildman–Crippen LogP) is 4.67. The highest BCUT2D eigenvalue weighted by molar-refractivity contribution is 7.20. The fourth-order valence-electron chi connectivity index (χ4n) is 3.78. The molecular formula is C26H28N4O3S. The van der Waals surface area contributed by atoms with Crippen molar-refractivity contribution in [1.29, 1.82) is 0 Å². The van der Waals surface area contributed by atoms with Crippen molar-refractivity contribution in [3.8, 4) is 5.75 Å². The number of H-pyrrole nitrogens is 1. The molecule has 7 nitrogen and oxygen atoms in total. The second-order valence-electron chi connectivity index (χ2n) is 8.42. The molecule has 2 aromatic carbocycles. The highest BCUT2D eigenvalue weighted by Gasteiger charge is 2.20. The van der Waals surface area contributed by atoms with E-state index in [1.807, 2.05) is 74.3 Å². The molecule has 0 atom stereocenters. The molecule has 0 spiro atoms. The lowest BCUT2D eigenvalue weighted by Crippen LogP contribution is -2.26. The molecule has 8 heteroatoms. The van der Waals surface area contributed by atoms with Gasteiger partial charge in [0.05, 0.1) is 16.8 Å². The quantitative estimate of drug-likeness (QED) is 0.386. The van der Waals surface area contributed by atoms with E-state index in [-0.39, 0.29) is 11.5 Å². The summed E-state index contributed by atoms with van der Waals surface area (Å²) < 4.78 is 5.74. The zero-order valence-corrected chi connectivity index (χ0v) is 20.6. The molecule has 0 fully saturated rings. The summed E-state index contributed by atoms with van der Waals surface area (Å²) in [6.45, 7) is 7.42. The van der Waals surface area contributed by atoms with Crippen LogP contribution in [0.3, 0.4) is 0 Å². The molecule has 0 saturated carbocycles. The Kier molecular flexibility index (Phi) is 7.09. The van der Waals surface area contributed by atoms with Crippen LogP contribution in [0.4, 0.5) is 5.69 Å². The summed E-state index contributed by atoms with van der Waals surface area (Å²) in [6, 6.07) is 15.5. The summed E-state index contributed by atoms with van der Waals surface area (Å²) in [4.78, 5) is 36.4. The van der Waals surface area contributed by atoms with Crippen LogP contribution in [0.2, 0.25) is 0 Å². The van der Waals surface area contributed by atoms with Gasteiger partial charge in [-0.3, -0.25) is 14.5 Å². The van der Waals surface area contributed by atoms with Crippen molar-refractivity contribution < 1.29 is 9.53 Å². The van der Waals surface area contributed by atoms with Crippen LogP contribution < -0.4 is 15.6 Å². The molecule has 4 aromatic rings. The van der Waals surface area contributed by atoms with Gasteiger partial charge < -0.3 is 15.0 Å². The Labute approximate surface area is 202 Å². The molecule has 4 rings (SSSR count). The van der Waals surface area contributed by atoms with Crippen molar-refractivity contribution in [2.24, 2.45) is 0 Å². The zero-order valence-electron chi connectivity index (χ0n) is 19.8. The summed E-state index contributed by atoms with van der Waals surface area (Å²) >= 11 is 1.24. The van der Waals surface area contributed by atoms with Crippen molar-refractivity contribution in [2.75, 3.05) is 25.5 Å². The number of hydrogen-bond donors (Lipinski definition) is 2. The van der Waals surface area contributed by atoms with Gasteiger partial charge in [-0.05, 0) is 57.1 Å². The molecule has 0 bridgehead atoms. The highest BCUT2D eigenvalue weighted by atomic mass is 32.1. The average Bonchev–Trinajstić information content (AvgIpc) is 3.13. The van der Waals surface area contributed by atoms with E-state index in [0.29, 0.717) is 46.2 Å². The molecule has 176 valence electrons. The van der Waals surface area contributed by atoms with E-state index in [4.69, 9.17) is 4.74 Å². The number of likely N-dealkylation sites (N-methyl/N-ethyl adjacent to an activating group) is 1. The van der Waals surface area contributed by atoms with Crippen LogP contribution in [-0.4, -0.2) is 41.0 Å². The molecule has 2 heterocycles. The number of rotatable bonds is 8. The third kappa shape index (κ3) is 5.35. The van der Waals surface area contributed by atoms with Crippen LogP contribution in [0.25, 0.3) is 10.2 Å². The molecule has 0 aliphatic carbocycles. The van der Waals surface area contributed by atoms with E-state index in [1.54, 1.807) is 6.92 Å². The highest BCUT2D eigenvalue weighted by Crippen LogP contribution is 2.28. The molecule has 0 aliphatic heterocycles. The largest absolute Gasteiger partial charge is 0.492 e. The smallest absolute Gasteiger partial charge is 0.266 e. The van der Waals surface area contributed by atoms with Gasteiger partial charge in [-0.25, -0.2) is 4.98 Å². The molecule has 0 aliphatic rings. The normalized spacial score (nSPS) is 11.2. The number of aromatic amines is 1. The number of carbonyl (C=O) groups is 1. The van der Waals surface area contributed by atoms with Gasteiger partial charge in [-0.1, -0.05) is 35.9 Å². The minimum absolute atomic E-state index is 0.228. The predicted molar refractivity (Wildman–Crippen MR) is 137 cm³/mol. The number of para-hydroxylation sites is 1. The maximum Gasteiger partial charge on any atom is 0.266 e. The number of aromatic nitrogens is 2. The van der Waals surface area contributed by atoms with Crippen LogP contribution in [0.1, 0.15) is 32.2 Å². The first kappa shape index (κ1) is 23.7. The van der Waals surface area contributed by atoms with Crippen molar-refractivity contribution in [3.05, 3.63) is 86.3 Å². The summed E-state index contributed by atoms with van der Waals surface area (Å²) in [6.07, 6.45) is 0. The number of carbonyl (C=O) groups excluding carboxylic acids is 1. The van der Waals surface area contributed by atoms with Crippen LogP contribution in [-0.2, 0) is 6.54 Å². The van der Waals surface area contributed by atoms with Crippen LogP contribution in [0, 0.1) is 20.8 Å². The Morgan fingerprint density at radius 2 is 1.91 bits per heavy atom. The number of nitrogens with one attached hydrogen (secondary N) is 2. The first-order valence-corrected chi connectivity index (χ1v) is 11.9. The van der Waals surface area contributed by atoms with Crippen molar-refractivity contribution in [2.45, 2.75) is 27.3 Å². The van der Waals surface area contributed by atoms with E-state index in [2.05, 4.69) is 15.3 Å². The van der Waals surface area contributed by atoms with Crippen LogP contribution in [0.15, 0.2) is 53.3 Å². The van der Waals surface area contributed by atoms with Gasteiger partial charge in [0, 0.05) is 12.2 Å². The Morgan fingerprint density at radius 1 is 1.15 bits per heavy atom. The number of fused-ring (bicyclic) bond motifs is 1. The Hall–Kier alpha value is -3.49. The second kappa shape index (κ2) is 10.2. The second-order valence-corrected chi connectivity index (χ2v) is 9.42. The lowest BCUT2D eigenvalue weighted by Gasteiger charge is -2.16. The number of ether oxygens (including phenoxy) is 1. The van der Waals surface area contributed by atoms with Gasteiger partial charge in [0.15, 0.2) is 0 Å². The fourth-order valence-corrected chi connectivity index (χ4v) is 4.88. The first-order valence-electron chi connectivity index (χ1n) is 11.1. The topological polar surface area (TPSA) is 87.3 Å². The van der Waals surface area contributed by atoms with Gasteiger partial charge in [-0.15, -0.1) is 11.3 Å². The minimum atomic E-state index is -0.233. The Balaban J connectivity index is 1.47. The fraction of sp³-hybridized carbons (Fsp3) is 0.269. The monoisotopic (exact) mass is 476 g/mol. The number of thiophene rings is 1. The molecule has 0 saturated heterocycles. The molecule has 2 N–H and O–H groups in total. The number of aryl methyl sites for hydroxylation is 3. The van der Waals surface area contributed by atoms with E-state index in [9.17, 15) is 9.59 Å². The lowest BCUT2D eigenvalue weighted by atomic mass is 10.1. The lowest BCUT2D eigenvalue weighted by molar-refractivity contribution is 0.103. The van der Waals surface area contributed by atoms with Gasteiger partial charge in [0.25, 0.3) is 11.5 Å². The molecule has 34 heavy (non-hydrogen) atoms. The molecular weight excluding hydrogens is 448 g/mol. The summed E-state index contributed by atoms with van der Waals surface area (Å²) in [5, 5.41) is 3.43. The molecule has 2 aromatic heterocycles. The average molecular weight is 477 g/mol. The number of benzene rings is 2. The Bertz CT molecular complexity index is 1380. The van der Waals surface area contributed by atoms with Crippen molar-refractivity contribution >= 4 is 33.1 Å². The standard InChI is InChI=1S/C26H28N4O3S/c1-16-10-11-20(17(2)14-16)27-25(32)23-18(3)22-24(31)28-21(29-26(22)34-23)15-30(4)12-13-33-19-8-6-5-7-9-19/h5-11,14H,12-13,15H2,1-4H3,(H,27,32)(H,28,29,31). The molecule has 0 unspecified atom stereocenters. The van der Waals surface area contributed by atoms with Crippen molar-refractivity contribution in [3.63, 3.8) is 0 Å². The summed E-state index contributed by atoms with van der Waals surface area (Å²) in [5.74, 6) is 1.15. The number of amides is 1. The van der Waals surface area contributed by atoms with Gasteiger partial charge in [-0.2, -0.15) is 0 Å². The van der Waals surface area contributed by atoms with Gasteiger partial charge in [0.2, 0.25) is 0 Å². The van der Waals surface area contributed by atoms with E-state index >= 15 is 0 Å². The molecule has 1 amide bonds. The van der Waals surface area contributed by atoms with Gasteiger partial charge >= 0.3 is 0 Å². The maximum atomic E-state index is 13.0. The third-order valence-electron chi connectivity index (χ3n) is 5.59. The first-order chi connectivity index (χ1) is 16.3. The number of hydrogen-bond acceptors (Lipinski definition) is 6. The molecule has 0 radical (unpaired) electrons.